The third-order valence-electron chi connectivity index (χ3n) is 4.09. The lowest BCUT2D eigenvalue weighted by Gasteiger charge is -2.15. The summed E-state index contributed by atoms with van der Waals surface area (Å²) in [4.78, 5) is 19.8. The maximum Gasteiger partial charge on any atom is 0.263 e. The molecule has 3 aromatic rings. The molecule has 0 amide bonds. The van der Waals surface area contributed by atoms with Crippen LogP contribution in [0.1, 0.15) is 49.5 Å². The molecular weight excluding hydrogens is 356 g/mol. The van der Waals surface area contributed by atoms with Crippen molar-refractivity contribution in [2.24, 2.45) is 0 Å². The van der Waals surface area contributed by atoms with E-state index in [0.717, 1.165) is 44.6 Å². The molecule has 7 nitrogen and oxygen atoms in total. The summed E-state index contributed by atoms with van der Waals surface area (Å²) in [6.07, 6.45) is 0.970. The molecule has 134 valence electrons. The highest BCUT2D eigenvalue weighted by atomic mass is 32.2. The fourth-order valence-corrected chi connectivity index (χ4v) is 4.82. The van der Waals surface area contributed by atoms with Crippen molar-refractivity contribution in [3.05, 3.63) is 26.6 Å². The number of hydrogen-bond acceptors (Lipinski definition) is 7. The molecule has 9 heteroatoms. The van der Waals surface area contributed by atoms with Crippen LogP contribution in [-0.2, 0) is 12.3 Å². The number of hydrogen-bond donors (Lipinski definition) is 0. The van der Waals surface area contributed by atoms with Crippen molar-refractivity contribution in [3.8, 4) is 0 Å². The summed E-state index contributed by atoms with van der Waals surface area (Å²) >= 11 is 3.09. The van der Waals surface area contributed by atoms with E-state index in [1.807, 2.05) is 32.4 Å². The Morgan fingerprint density at radius 2 is 2.04 bits per heavy atom. The Bertz CT molecular complexity index is 956. The second-order valence-corrected chi connectivity index (χ2v) is 8.38. The minimum atomic E-state index is 0.0394. The van der Waals surface area contributed by atoms with Crippen molar-refractivity contribution in [3.63, 3.8) is 0 Å². The normalized spacial score (nSPS) is 11.8. The number of thiophene rings is 1. The van der Waals surface area contributed by atoms with Gasteiger partial charge in [-0.1, -0.05) is 18.7 Å². The van der Waals surface area contributed by atoms with Crippen LogP contribution in [0.5, 0.6) is 0 Å². The first-order valence-corrected chi connectivity index (χ1v) is 10.1. The van der Waals surface area contributed by atoms with E-state index >= 15 is 0 Å². The fourth-order valence-electron chi connectivity index (χ4n) is 2.69. The lowest BCUT2D eigenvalue weighted by Crippen LogP contribution is -2.25. The predicted molar refractivity (Wildman–Crippen MR) is 101 cm³/mol. The zero-order chi connectivity index (χ0) is 18.1. The largest absolute Gasteiger partial charge is 0.284 e. The van der Waals surface area contributed by atoms with Crippen molar-refractivity contribution in [2.45, 2.75) is 64.5 Å². The number of fused-ring (bicyclic) bond motifs is 1. The number of nitrogens with zero attached hydrogens (tertiary/aromatic N) is 6. The van der Waals surface area contributed by atoms with Gasteiger partial charge < -0.3 is 0 Å². The van der Waals surface area contributed by atoms with Crippen LogP contribution in [0.25, 0.3) is 10.2 Å². The van der Waals surface area contributed by atoms with Gasteiger partial charge in [0.15, 0.2) is 11.0 Å². The molecule has 0 unspecified atom stereocenters. The van der Waals surface area contributed by atoms with Gasteiger partial charge >= 0.3 is 0 Å². The first kappa shape index (κ1) is 18.1. The molecular formula is C16H22N6OS2. The van der Waals surface area contributed by atoms with Crippen LogP contribution in [0.3, 0.4) is 0 Å². The summed E-state index contributed by atoms with van der Waals surface area (Å²) in [6.45, 7) is 10.9. The lowest BCUT2D eigenvalue weighted by atomic mass is 10.2. The topological polar surface area (TPSA) is 78.5 Å². The van der Waals surface area contributed by atoms with Gasteiger partial charge in [-0.15, -0.1) is 16.4 Å². The van der Waals surface area contributed by atoms with E-state index in [9.17, 15) is 4.79 Å². The molecule has 3 rings (SSSR count). The molecule has 0 aromatic carbocycles. The van der Waals surface area contributed by atoms with Crippen LogP contribution >= 0.6 is 23.1 Å². The van der Waals surface area contributed by atoms with Gasteiger partial charge in [0.1, 0.15) is 4.83 Å². The second kappa shape index (κ2) is 7.25. The summed E-state index contributed by atoms with van der Waals surface area (Å²) in [5.74, 6) is 1.39. The minimum absolute atomic E-state index is 0.0394. The molecule has 0 aliphatic rings. The van der Waals surface area contributed by atoms with E-state index in [2.05, 4.69) is 22.4 Å². The van der Waals surface area contributed by atoms with Gasteiger partial charge in [0.25, 0.3) is 5.56 Å². The van der Waals surface area contributed by atoms with Gasteiger partial charge in [0.05, 0.1) is 11.1 Å². The maximum absolute atomic E-state index is 13.0. The van der Waals surface area contributed by atoms with Crippen molar-refractivity contribution >= 4 is 33.3 Å². The average Bonchev–Trinajstić information content (AvgIpc) is 3.10. The SMILES string of the molecule is CCCn1nnnc1CSc1nc2sc(C)c(C)c2c(=O)n1C(C)C. The highest BCUT2D eigenvalue weighted by Gasteiger charge is 2.19. The van der Waals surface area contributed by atoms with Crippen LogP contribution in [0.15, 0.2) is 9.95 Å². The van der Waals surface area contributed by atoms with E-state index in [-0.39, 0.29) is 11.6 Å². The summed E-state index contributed by atoms with van der Waals surface area (Å²) in [5.41, 5.74) is 1.08. The molecule has 3 heterocycles. The van der Waals surface area contributed by atoms with E-state index < -0.39 is 0 Å². The Hall–Kier alpha value is -1.74. The average molecular weight is 379 g/mol. The van der Waals surface area contributed by atoms with Crippen molar-refractivity contribution in [1.29, 1.82) is 0 Å². The first-order chi connectivity index (χ1) is 11.9. The zero-order valence-corrected chi connectivity index (χ0v) is 16.7. The third kappa shape index (κ3) is 3.35. The van der Waals surface area contributed by atoms with E-state index in [1.54, 1.807) is 15.9 Å². The number of thioether (sulfide) groups is 1. The highest BCUT2D eigenvalue weighted by Crippen LogP contribution is 2.30. The molecule has 0 aliphatic heterocycles. The van der Waals surface area contributed by atoms with Crippen molar-refractivity contribution in [1.82, 2.24) is 29.8 Å². The van der Waals surface area contributed by atoms with Gasteiger partial charge in [0, 0.05) is 17.5 Å². The Morgan fingerprint density at radius 1 is 1.28 bits per heavy atom. The van der Waals surface area contributed by atoms with Gasteiger partial charge in [-0.25, -0.2) is 9.67 Å². The Kier molecular flexibility index (Phi) is 5.24. The lowest BCUT2D eigenvalue weighted by molar-refractivity contribution is 0.519. The third-order valence-corrected chi connectivity index (χ3v) is 6.14. The fraction of sp³-hybridized carbons (Fsp3) is 0.562. The first-order valence-electron chi connectivity index (χ1n) is 8.34. The minimum Gasteiger partial charge on any atom is -0.284 e. The molecule has 0 radical (unpaired) electrons. The van der Waals surface area contributed by atoms with E-state index in [4.69, 9.17) is 4.98 Å². The molecule has 0 saturated heterocycles. The van der Waals surface area contributed by atoms with Gasteiger partial charge in [-0.2, -0.15) is 0 Å². The monoisotopic (exact) mass is 378 g/mol. The molecule has 0 aliphatic carbocycles. The Balaban J connectivity index is 2.01. The highest BCUT2D eigenvalue weighted by molar-refractivity contribution is 7.98. The second-order valence-electron chi connectivity index (χ2n) is 6.23. The van der Waals surface area contributed by atoms with Crippen molar-refractivity contribution in [2.75, 3.05) is 0 Å². The summed E-state index contributed by atoms with van der Waals surface area (Å²) < 4.78 is 3.59. The maximum atomic E-state index is 13.0. The van der Waals surface area contributed by atoms with Gasteiger partial charge in [-0.05, 0) is 50.1 Å². The molecule has 3 aromatic heterocycles. The quantitative estimate of drug-likeness (QED) is 0.483. The standard InChI is InChI=1S/C16H22N6OS2/c1-6-7-21-12(18-19-20-21)8-24-16-17-14-13(10(4)11(5)25-14)15(23)22(16)9(2)3/h9H,6-8H2,1-5H3. The number of rotatable bonds is 6. The van der Waals surface area contributed by atoms with Crippen LogP contribution in [0.2, 0.25) is 0 Å². The summed E-state index contributed by atoms with van der Waals surface area (Å²) in [5, 5.41) is 13.3. The molecule has 0 spiro atoms. The van der Waals surface area contributed by atoms with Crippen LogP contribution < -0.4 is 5.56 Å². The molecule has 0 saturated carbocycles. The predicted octanol–water partition coefficient (Wildman–Crippen LogP) is 3.34. The smallest absolute Gasteiger partial charge is 0.263 e. The zero-order valence-electron chi connectivity index (χ0n) is 15.1. The van der Waals surface area contributed by atoms with Crippen molar-refractivity contribution < 1.29 is 0 Å². The van der Waals surface area contributed by atoms with Gasteiger partial charge in [-0.3, -0.25) is 9.36 Å². The Labute approximate surface area is 154 Å². The molecule has 0 bridgehead atoms. The Morgan fingerprint density at radius 3 is 2.72 bits per heavy atom. The molecule has 25 heavy (non-hydrogen) atoms. The van der Waals surface area contributed by atoms with Gasteiger partial charge in [0.2, 0.25) is 0 Å². The van der Waals surface area contributed by atoms with Crippen LogP contribution in [-0.4, -0.2) is 29.8 Å². The summed E-state index contributed by atoms with van der Waals surface area (Å²) in [7, 11) is 0. The van der Waals surface area contributed by atoms with E-state index in [1.165, 1.54) is 11.8 Å². The number of tetrazole rings is 1. The summed E-state index contributed by atoms with van der Waals surface area (Å²) in [6, 6.07) is 0.0399. The number of aryl methyl sites for hydroxylation is 3. The van der Waals surface area contributed by atoms with Crippen LogP contribution in [0.4, 0.5) is 0 Å². The number of aromatic nitrogens is 6. The molecule has 0 N–H and O–H groups in total. The molecule has 0 fully saturated rings. The van der Waals surface area contributed by atoms with E-state index in [0.29, 0.717) is 5.75 Å². The molecule has 0 atom stereocenters. The van der Waals surface area contributed by atoms with Crippen LogP contribution in [0, 0.1) is 13.8 Å².